The van der Waals surface area contributed by atoms with E-state index in [0.717, 1.165) is 42.7 Å². The lowest BCUT2D eigenvalue weighted by Crippen LogP contribution is -1.92. The largest absolute Gasteiger partial charge is 0.456 e. The summed E-state index contributed by atoms with van der Waals surface area (Å²) in [5.74, 6) is 1.65. The number of benzene rings is 4. The normalized spacial score (nSPS) is 10.6. The van der Waals surface area contributed by atoms with Crippen molar-refractivity contribution in [3.05, 3.63) is 106 Å². The lowest BCUT2D eigenvalue weighted by molar-refractivity contribution is 0.486. The van der Waals surface area contributed by atoms with Crippen LogP contribution in [0.15, 0.2) is 106 Å². The van der Waals surface area contributed by atoms with Crippen LogP contribution in [0.25, 0.3) is 22.3 Å². The van der Waals surface area contributed by atoms with Crippen LogP contribution in [0.3, 0.4) is 0 Å². The average Bonchev–Trinajstić information content (AvgIpc) is 2.70. The van der Waals surface area contributed by atoms with E-state index >= 15 is 0 Å². The molecule has 0 atom stereocenters. The zero-order chi connectivity index (χ0) is 18.6. The van der Waals surface area contributed by atoms with Crippen LogP contribution in [0, 0.1) is 0 Å². The Morgan fingerprint density at radius 2 is 0.741 bits per heavy atom. The van der Waals surface area contributed by atoms with E-state index < -0.39 is 0 Å². The zero-order valence-corrected chi connectivity index (χ0v) is 17.6. The Bertz CT molecular complexity index is 1000. The van der Waals surface area contributed by atoms with E-state index in [1.54, 1.807) is 0 Å². The molecule has 0 spiro atoms. The number of hydrogen-bond acceptors (Lipinski definition) is 1. The molecule has 0 unspecified atom stereocenters. The van der Waals surface area contributed by atoms with Crippen LogP contribution < -0.4 is 4.74 Å². The first-order valence-electron chi connectivity index (χ1n) is 8.60. The van der Waals surface area contributed by atoms with E-state index in [0.29, 0.717) is 0 Å². The summed E-state index contributed by atoms with van der Waals surface area (Å²) in [7, 11) is 0. The minimum atomic E-state index is 0.823. The minimum Gasteiger partial charge on any atom is -0.456 e. The molecule has 0 aliphatic rings. The van der Waals surface area contributed by atoms with E-state index in [4.69, 9.17) is 4.74 Å². The van der Waals surface area contributed by atoms with Gasteiger partial charge < -0.3 is 4.74 Å². The second-order valence-electron chi connectivity index (χ2n) is 6.05. The van der Waals surface area contributed by atoms with Gasteiger partial charge in [-0.05, 0) is 35.4 Å². The molecule has 132 valence electrons. The SMILES string of the molecule is Brc1ccccc1-c1ccccc1Oc1ccccc1-c1ccccc1Br. The first-order chi connectivity index (χ1) is 13.2. The van der Waals surface area contributed by atoms with Gasteiger partial charge >= 0.3 is 0 Å². The third kappa shape index (κ3) is 3.85. The topological polar surface area (TPSA) is 9.23 Å². The Labute approximate surface area is 175 Å². The van der Waals surface area contributed by atoms with Gasteiger partial charge in [0.05, 0.1) is 0 Å². The summed E-state index contributed by atoms with van der Waals surface area (Å²) in [6.45, 7) is 0. The zero-order valence-electron chi connectivity index (χ0n) is 14.4. The first kappa shape index (κ1) is 18.0. The maximum Gasteiger partial charge on any atom is 0.135 e. The Kier molecular flexibility index (Phi) is 5.42. The second kappa shape index (κ2) is 8.12. The van der Waals surface area contributed by atoms with E-state index in [1.807, 2.05) is 72.8 Å². The monoisotopic (exact) mass is 478 g/mol. The molecule has 27 heavy (non-hydrogen) atoms. The summed E-state index contributed by atoms with van der Waals surface area (Å²) < 4.78 is 8.50. The molecular weight excluding hydrogens is 464 g/mol. The molecule has 4 aromatic rings. The molecule has 0 amide bonds. The van der Waals surface area contributed by atoms with Crippen molar-refractivity contribution >= 4 is 31.9 Å². The standard InChI is InChI=1S/C24H16Br2O/c25-21-13-5-1-9-17(21)19-11-3-7-15-23(19)27-24-16-8-4-12-20(24)18-10-2-6-14-22(18)26/h1-16H. The molecule has 0 bridgehead atoms. The van der Waals surface area contributed by atoms with Gasteiger partial charge in [0.2, 0.25) is 0 Å². The Hall–Kier alpha value is -2.36. The highest BCUT2D eigenvalue weighted by Crippen LogP contribution is 2.41. The first-order valence-corrected chi connectivity index (χ1v) is 10.2. The van der Waals surface area contributed by atoms with E-state index in [2.05, 4.69) is 56.1 Å². The number of rotatable bonds is 4. The predicted molar refractivity (Wildman–Crippen MR) is 119 cm³/mol. The van der Waals surface area contributed by atoms with Crippen molar-refractivity contribution < 1.29 is 4.74 Å². The number of ether oxygens (including phenoxy) is 1. The fraction of sp³-hybridized carbons (Fsp3) is 0. The second-order valence-corrected chi connectivity index (χ2v) is 7.76. The molecule has 0 heterocycles. The molecule has 4 aromatic carbocycles. The van der Waals surface area contributed by atoms with E-state index in [-0.39, 0.29) is 0 Å². The van der Waals surface area contributed by atoms with Crippen molar-refractivity contribution in [2.24, 2.45) is 0 Å². The van der Waals surface area contributed by atoms with Gasteiger partial charge in [0.15, 0.2) is 0 Å². The molecule has 4 rings (SSSR count). The molecule has 0 aliphatic heterocycles. The fourth-order valence-electron chi connectivity index (χ4n) is 3.03. The predicted octanol–water partition coefficient (Wildman–Crippen LogP) is 8.34. The number of para-hydroxylation sites is 2. The summed E-state index contributed by atoms with van der Waals surface area (Å²) in [6, 6.07) is 32.6. The molecule has 0 aromatic heterocycles. The van der Waals surface area contributed by atoms with E-state index in [1.165, 1.54) is 0 Å². The highest BCUT2D eigenvalue weighted by atomic mass is 79.9. The molecule has 1 nitrogen and oxygen atoms in total. The Morgan fingerprint density at radius 3 is 1.15 bits per heavy atom. The van der Waals surface area contributed by atoms with E-state index in [9.17, 15) is 0 Å². The molecule has 0 aliphatic carbocycles. The molecule has 0 fully saturated rings. The highest BCUT2D eigenvalue weighted by Gasteiger charge is 2.13. The minimum absolute atomic E-state index is 0.823. The van der Waals surface area contributed by atoms with Crippen molar-refractivity contribution in [2.75, 3.05) is 0 Å². The molecular formula is C24H16Br2O. The van der Waals surface area contributed by atoms with Crippen LogP contribution in [0.4, 0.5) is 0 Å². The van der Waals surface area contributed by atoms with Gasteiger partial charge in [0, 0.05) is 20.1 Å². The van der Waals surface area contributed by atoms with Gasteiger partial charge in [0.25, 0.3) is 0 Å². The fourth-order valence-corrected chi connectivity index (χ4v) is 4.03. The van der Waals surface area contributed by atoms with Crippen LogP contribution in [0.5, 0.6) is 11.5 Å². The number of halogens is 2. The van der Waals surface area contributed by atoms with Gasteiger partial charge in [0.1, 0.15) is 11.5 Å². The van der Waals surface area contributed by atoms with Crippen molar-refractivity contribution in [2.45, 2.75) is 0 Å². The molecule has 0 radical (unpaired) electrons. The lowest BCUT2D eigenvalue weighted by Gasteiger charge is -2.16. The van der Waals surface area contributed by atoms with Gasteiger partial charge in [-0.2, -0.15) is 0 Å². The summed E-state index contributed by atoms with van der Waals surface area (Å²) in [5.41, 5.74) is 4.30. The van der Waals surface area contributed by atoms with Crippen LogP contribution in [-0.2, 0) is 0 Å². The van der Waals surface area contributed by atoms with Gasteiger partial charge in [-0.3, -0.25) is 0 Å². The van der Waals surface area contributed by atoms with Crippen molar-refractivity contribution in [3.63, 3.8) is 0 Å². The van der Waals surface area contributed by atoms with Gasteiger partial charge in [-0.25, -0.2) is 0 Å². The van der Waals surface area contributed by atoms with Crippen molar-refractivity contribution in [1.82, 2.24) is 0 Å². The van der Waals surface area contributed by atoms with Crippen LogP contribution in [0.1, 0.15) is 0 Å². The third-order valence-electron chi connectivity index (χ3n) is 4.32. The van der Waals surface area contributed by atoms with Crippen LogP contribution >= 0.6 is 31.9 Å². The highest BCUT2D eigenvalue weighted by molar-refractivity contribution is 9.11. The summed E-state index contributed by atoms with van der Waals surface area (Å²) in [6.07, 6.45) is 0. The third-order valence-corrected chi connectivity index (χ3v) is 5.71. The van der Waals surface area contributed by atoms with Gasteiger partial charge in [-0.1, -0.05) is 105 Å². The Morgan fingerprint density at radius 1 is 0.407 bits per heavy atom. The Balaban J connectivity index is 1.80. The average molecular weight is 480 g/mol. The molecule has 0 saturated carbocycles. The van der Waals surface area contributed by atoms with Crippen LogP contribution in [-0.4, -0.2) is 0 Å². The number of hydrogen-bond donors (Lipinski definition) is 0. The van der Waals surface area contributed by atoms with Crippen molar-refractivity contribution in [1.29, 1.82) is 0 Å². The molecule has 0 N–H and O–H groups in total. The van der Waals surface area contributed by atoms with Gasteiger partial charge in [-0.15, -0.1) is 0 Å². The lowest BCUT2D eigenvalue weighted by atomic mass is 10.0. The maximum absolute atomic E-state index is 6.42. The molecule has 3 heteroatoms. The molecule has 0 saturated heterocycles. The summed E-state index contributed by atoms with van der Waals surface area (Å²) in [5, 5.41) is 0. The smallest absolute Gasteiger partial charge is 0.135 e. The summed E-state index contributed by atoms with van der Waals surface area (Å²) in [4.78, 5) is 0. The maximum atomic E-state index is 6.42. The van der Waals surface area contributed by atoms with Crippen LogP contribution in [0.2, 0.25) is 0 Å². The summed E-state index contributed by atoms with van der Waals surface area (Å²) >= 11 is 7.30. The van der Waals surface area contributed by atoms with Crippen molar-refractivity contribution in [3.8, 4) is 33.8 Å². The quantitative estimate of drug-likeness (QED) is 0.285.